The fourth-order valence-electron chi connectivity index (χ4n) is 2.93. The van der Waals surface area contributed by atoms with Gasteiger partial charge >= 0.3 is 0 Å². The van der Waals surface area contributed by atoms with Crippen molar-refractivity contribution >= 4 is 5.91 Å². The van der Waals surface area contributed by atoms with Crippen LogP contribution in [0.4, 0.5) is 0 Å². The van der Waals surface area contributed by atoms with E-state index in [1.807, 2.05) is 54.6 Å². The van der Waals surface area contributed by atoms with Crippen LogP contribution >= 0.6 is 0 Å². The van der Waals surface area contributed by atoms with Crippen molar-refractivity contribution in [3.63, 3.8) is 0 Å². The quantitative estimate of drug-likeness (QED) is 0.807. The molecule has 2 N–H and O–H groups in total. The third kappa shape index (κ3) is 5.31. The number of hydrogen-bond donors (Lipinski definition) is 2. The number of benzene rings is 2. The molecule has 132 valence electrons. The summed E-state index contributed by atoms with van der Waals surface area (Å²) in [6.07, 6.45) is 0. The molecule has 1 heterocycles. The first-order valence-corrected chi connectivity index (χ1v) is 8.80. The van der Waals surface area contributed by atoms with Gasteiger partial charge in [0, 0.05) is 44.8 Å². The number of nitrogens with zero attached hydrogens (tertiary/aromatic N) is 1. The van der Waals surface area contributed by atoms with Crippen LogP contribution in [0.3, 0.4) is 0 Å². The van der Waals surface area contributed by atoms with Gasteiger partial charge in [-0.1, -0.05) is 48.5 Å². The van der Waals surface area contributed by atoms with Crippen LogP contribution in [0.1, 0.15) is 0 Å². The Kier molecular flexibility index (Phi) is 6.42. The normalized spacial score (nSPS) is 14.9. The predicted molar refractivity (Wildman–Crippen MR) is 99.7 cm³/mol. The lowest BCUT2D eigenvalue weighted by molar-refractivity contribution is -0.123. The minimum Gasteiger partial charge on any atom is -0.483 e. The largest absolute Gasteiger partial charge is 0.483 e. The maximum Gasteiger partial charge on any atom is 0.257 e. The van der Waals surface area contributed by atoms with Crippen LogP contribution in [-0.4, -0.2) is 56.7 Å². The second-order valence-electron chi connectivity index (χ2n) is 6.09. The molecule has 1 aliphatic rings. The Bertz CT molecular complexity index is 670. The highest BCUT2D eigenvalue weighted by Gasteiger charge is 2.10. The highest BCUT2D eigenvalue weighted by molar-refractivity contribution is 5.78. The van der Waals surface area contributed by atoms with E-state index in [2.05, 4.69) is 15.5 Å². The maximum absolute atomic E-state index is 12.0. The highest BCUT2D eigenvalue weighted by atomic mass is 16.5. The number of para-hydroxylation sites is 1. The van der Waals surface area contributed by atoms with Crippen molar-refractivity contribution < 1.29 is 9.53 Å². The number of hydrogen-bond acceptors (Lipinski definition) is 4. The molecule has 5 nitrogen and oxygen atoms in total. The van der Waals surface area contributed by atoms with Gasteiger partial charge in [0.2, 0.25) is 0 Å². The average Bonchev–Trinajstić information content (AvgIpc) is 2.68. The summed E-state index contributed by atoms with van der Waals surface area (Å²) in [6, 6.07) is 17.9. The second kappa shape index (κ2) is 9.20. The number of carbonyl (C=O) groups is 1. The third-order valence-corrected chi connectivity index (χ3v) is 4.29. The van der Waals surface area contributed by atoms with E-state index in [9.17, 15) is 4.79 Å². The van der Waals surface area contributed by atoms with Gasteiger partial charge in [-0.05, 0) is 11.6 Å². The Labute approximate surface area is 149 Å². The molecule has 2 aromatic rings. The first-order valence-electron chi connectivity index (χ1n) is 8.80. The number of piperazine rings is 1. The van der Waals surface area contributed by atoms with E-state index in [0.29, 0.717) is 6.54 Å². The average molecular weight is 339 g/mol. The third-order valence-electron chi connectivity index (χ3n) is 4.29. The van der Waals surface area contributed by atoms with Crippen LogP contribution in [0.25, 0.3) is 11.1 Å². The van der Waals surface area contributed by atoms with Crippen LogP contribution in [0, 0.1) is 0 Å². The maximum atomic E-state index is 12.0. The van der Waals surface area contributed by atoms with E-state index in [-0.39, 0.29) is 12.5 Å². The Morgan fingerprint density at radius 1 is 1.04 bits per heavy atom. The Morgan fingerprint density at radius 2 is 1.76 bits per heavy atom. The zero-order chi connectivity index (χ0) is 17.3. The van der Waals surface area contributed by atoms with E-state index in [1.165, 1.54) is 0 Å². The van der Waals surface area contributed by atoms with Crippen molar-refractivity contribution in [3.05, 3.63) is 54.6 Å². The smallest absolute Gasteiger partial charge is 0.257 e. The van der Waals surface area contributed by atoms with E-state index in [4.69, 9.17) is 4.74 Å². The van der Waals surface area contributed by atoms with Gasteiger partial charge in [-0.3, -0.25) is 9.69 Å². The molecule has 1 fully saturated rings. The van der Waals surface area contributed by atoms with E-state index < -0.39 is 0 Å². The molecule has 25 heavy (non-hydrogen) atoms. The first-order chi connectivity index (χ1) is 12.3. The summed E-state index contributed by atoms with van der Waals surface area (Å²) in [5.74, 6) is 0.643. The van der Waals surface area contributed by atoms with Crippen molar-refractivity contribution in [2.24, 2.45) is 0 Å². The molecule has 0 saturated carbocycles. The van der Waals surface area contributed by atoms with Gasteiger partial charge in [0.25, 0.3) is 5.91 Å². The molecule has 0 unspecified atom stereocenters. The zero-order valence-electron chi connectivity index (χ0n) is 14.4. The molecule has 0 aromatic heterocycles. The summed E-state index contributed by atoms with van der Waals surface area (Å²) >= 11 is 0. The molecule has 1 amide bonds. The molecule has 0 radical (unpaired) electrons. The molecule has 3 rings (SSSR count). The Balaban J connectivity index is 1.47. The molecular weight excluding hydrogens is 314 g/mol. The molecule has 1 aliphatic heterocycles. The van der Waals surface area contributed by atoms with Crippen LogP contribution in [0.2, 0.25) is 0 Å². The first kappa shape index (κ1) is 17.5. The fourth-order valence-corrected chi connectivity index (χ4v) is 2.93. The molecule has 0 atom stereocenters. The molecule has 0 spiro atoms. The van der Waals surface area contributed by atoms with Gasteiger partial charge in [-0.15, -0.1) is 0 Å². The molecule has 0 bridgehead atoms. The topological polar surface area (TPSA) is 53.6 Å². The minimum atomic E-state index is -0.0852. The predicted octanol–water partition coefficient (Wildman–Crippen LogP) is 1.75. The van der Waals surface area contributed by atoms with Crippen molar-refractivity contribution in [2.75, 3.05) is 45.9 Å². The van der Waals surface area contributed by atoms with Gasteiger partial charge in [0.05, 0.1) is 0 Å². The minimum absolute atomic E-state index is 0.0331. The summed E-state index contributed by atoms with van der Waals surface area (Å²) in [4.78, 5) is 14.4. The van der Waals surface area contributed by atoms with Gasteiger partial charge < -0.3 is 15.4 Å². The van der Waals surface area contributed by atoms with Crippen molar-refractivity contribution in [1.29, 1.82) is 0 Å². The number of rotatable bonds is 7. The number of ether oxygens (including phenoxy) is 1. The molecule has 1 saturated heterocycles. The van der Waals surface area contributed by atoms with Crippen molar-refractivity contribution in [1.82, 2.24) is 15.5 Å². The summed E-state index contributed by atoms with van der Waals surface area (Å²) < 4.78 is 5.76. The van der Waals surface area contributed by atoms with Gasteiger partial charge in [-0.25, -0.2) is 0 Å². The number of carbonyl (C=O) groups excluding carboxylic acids is 1. The Morgan fingerprint density at radius 3 is 2.56 bits per heavy atom. The Hall–Kier alpha value is -2.37. The lowest BCUT2D eigenvalue weighted by Crippen LogP contribution is -2.46. The van der Waals surface area contributed by atoms with E-state index in [1.54, 1.807) is 0 Å². The number of amides is 1. The summed E-state index contributed by atoms with van der Waals surface area (Å²) in [5.41, 5.74) is 2.08. The monoisotopic (exact) mass is 339 g/mol. The zero-order valence-corrected chi connectivity index (χ0v) is 14.4. The lowest BCUT2D eigenvalue weighted by atomic mass is 10.1. The second-order valence-corrected chi connectivity index (χ2v) is 6.09. The SMILES string of the molecule is O=C(COc1ccccc1-c1ccccc1)NCCN1CCNCC1. The summed E-state index contributed by atoms with van der Waals surface area (Å²) in [6.45, 7) is 5.69. The fraction of sp³-hybridized carbons (Fsp3) is 0.350. The standard InChI is InChI=1S/C20H25N3O2/c24-20(22-12-15-23-13-10-21-11-14-23)16-25-19-9-5-4-8-18(19)17-6-2-1-3-7-17/h1-9,21H,10-16H2,(H,22,24). The molecule has 0 aliphatic carbocycles. The van der Waals surface area contributed by atoms with Crippen molar-refractivity contribution in [2.45, 2.75) is 0 Å². The molecular formula is C20H25N3O2. The highest BCUT2D eigenvalue weighted by Crippen LogP contribution is 2.29. The number of nitrogens with one attached hydrogen (secondary N) is 2. The van der Waals surface area contributed by atoms with Crippen LogP contribution in [-0.2, 0) is 4.79 Å². The van der Waals surface area contributed by atoms with E-state index in [0.717, 1.165) is 49.6 Å². The van der Waals surface area contributed by atoms with Gasteiger partial charge in [0.15, 0.2) is 6.61 Å². The van der Waals surface area contributed by atoms with E-state index >= 15 is 0 Å². The van der Waals surface area contributed by atoms with Crippen molar-refractivity contribution in [3.8, 4) is 16.9 Å². The lowest BCUT2D eigenvalue weighted by Gasteiger charge is -2.27. The van der Waals surface area contributed by atoms with Crippen LogP contribution in [0.5, 0.6) is 5.75 Å². The van der Waals surface area contributed by atoms with Crippen LogP contribution < -0.4 is 15.4 Å². The molecule has 2 aromatic carbocycles. The summed E-state index contributed by atoms with van der Waals surface area (Å²) in [7, 11) is 0. The van der Waals surface area contributed by atoms with Crippen LogP contribution in [0.15, 0.2) is 54.6 Å². The van der Waals surface area contributed by atoms with Gasteiger partial charge in [-0.2, -0.15) is 0 Å². The van der Waals surface area contributed by atoms with Gasteiger partial charge in [0.1, 0.15) is 5.75 Å². The summed E-state index contributed by atoms with van der Waals surface area (Å²) in [5, 5.41) is 6.26. The molecule has 5 heteroatoms.